The summed E-state index contributed by atoms with van der Waals surface area (Å²) in [6.07, 6.45) is 4.77. The predicted molar refractivity (Wildman–Crippen MR) is 117 cm³/mol. The van der Waals surface area contributed by atoms with Crippen LogP contribution in [0.5, 0.6) is 0 Å². The first-order chi connectivity index (χ1) is 14.8. The van der Waals surface area contributed by atoms with E-state index in [0.717, 1.165) is 42.1 Å². The highest BCUT2D eigenvalue weighted by Gasteiger charge is 2.24. The van der Waals surface area contributed by atoms with Gasteiger partial charge in [0.25, 0.3) is 5.91 Å². The molecule has 1 fully saturated rings. The lowest BCUT2D eigenvalue weighted by molar-refractivity contribution is -0.825. The van der Waals surface area contributed by atoms with Crippen molar-refractivity contribution in [1.29, 1.82) is 0 Å². The van der Waals surface area contributed by atoms with E-state index in [-0.39, 0.29) is 16.5 Å². The third-order valence-corrected chi connectivity index (χ3v) is 6.42. The highest BCUT2D eigenvalue weighted by Crippen LogP contribution is 2.38. The largest absolute Gasteiger partial charge is 0.321 e. The molecule has 1 aliphatic carbocycles. The number of benzene rings is 1. The zero-order valence-corrected chi connectivity index (χ0v) is 18.2. The topological polar surface area (TPSA) is 146 Å². The van der Waals surface area contributed by atoms with Crippen molar-refractivity contribution in [3.63, 3.8) is 0 Å². The minimum atomic E-state index is -0.588. The number of hydrazine groups is 1. The highest BCUT2D eigenvalue weighted by molar-refractivity contribution is 8.13. The lowest BCUT2D eigenvalue weighted by Crippen LogP contribution is -2.73. The molecular formula is C20H27FN7O2S+. The molecule has 0 radical (unpaired) electrons. The zero-order chi connectivity index (χ0) is 22.5. The molecule has 0 aliphatic heterocycles. The summed E-state index contributed by atoms with van der Waals surface area (Å²) in [5.41, 5.74) is 2.31. The van der Waals surface area contributed by atoms with Gasteiger partial charge in [0.1, 0.15) is 0 Å². The molecule has 0 spiro atoms. The summed E-state index contributed by atoms with van der Waals surface area (Å²) in [6.45, 7) is 2.19. The van der Waals surface area contributed by atoms with Crippen LogP contribution in [0, 0.1) is 11.7 Å². The number of carbonyl (C=O) groups excluding carboxylic acids is 1. The van der Waals surface area contributed by atoms with E-state index in [0.29, 0.717) is 22.4 Å². The molecule has 8 N–H and O–H groups in total. The molecule has 2 unspecified atom stereocenters. The summed E-state index contributed by atoms with van der Waals surface area (Å²) in [4.78, 5) is 17.6. The number of halogens is 1. The Bertz CT molecular complexity index is 986. The van der Waals surface area contributed by atoms with Gasteiger partial charge in [0.2, 0.25) is 5.17 Å². The van der Waals surface area contributed by atoms with E-state index in [1.165, 1.54) is 17.1 Å². The van der Waals surface area contributed by atoms with Gasteiger partial charge < -0.3 is 11.2 Å². The number of nitrogens with one attached hydrogen (secondary N) is 1. The first-order valence-electron chi connectivity index (χ1n) is 9.84. The SMILES string of the molecule is CC1CCC(c2cnc(NC(=O)c3cc([NH2+]O)ccc3S/C(=N/N)N(C)N)c(F)c2)C1. The summed E-state index contributed by atoms with van der Waals surface area (Å²) in [5, 5.41) is 16.9. The smallest absolute Gasteiger partial charge is 0.258 e. The van der Waals surface area contributed by atoms with Crippen LogP contribution in [0.4, 0.5) is 15.9 Å². The fourth-order valence-corrected chi connectivity index (χ4v) is 4.43. The first kappa shape index (κ1) is 22.9. The van der Waals surface area contributed by atoms with Crippen LogP contribution in [0.1, 0.15) is 48.0 Å². The third kappa shape index (κ3) is 5.50. The molecule has 1 aliphatic rings. The van der Waals surface area contributed by atoms with E-state index >= 15 is 0 Å². The van der Waals surface area contributed by atoms with Crippen LogP contribution in [0.2, 0.25) is 0 Å². The van der Waals surface area contributed by atoms with Crippen LogP contribution in [0.3, 0.4) is 0 Å². The van der Waals surface area contributed by atoms with Gasteiger partial charge in [-0.15, -0.1) is 0 Å². The number of hydrogen-bond donors (Lipinski definition) is 5. The average Bonchev–Trinajstić information content (AvgIpc) is 3.19. The average molecular weight is 449 g/mol. The van der Waals surface area contributed by atoms with Crippen LogP contribution in [0.25, 0.3) is 0 Å². The van der Waals surface area contributed by atoms with E-state index in [1.807, 2.05) is 0 Å². The maximum absolute atomic E-state index is 14.7. The van der Waals surface area contributed by atoms with Crippen molar-refractivity contribution in [2.75, 3.05) is 12.4 Å². The standard InChI is InChI=1S/C20H26FN7O2S/c1-11-3-4-12(7-11)13-8-16(21)18(24-10-13)25-19(29)15-9-14(27-30)5-6-17(15)31-20(26-22)28(2)23/h5-6,8-12,27,30H,3-4,7,22-23H2,1-2H3,(H,24,25,29)/p+1/b26-20+. The number of thioether (sulfide) groups is 1. The Morgan fingerprint density at radius 2 is 2.19 bits per heavy atom. The molecule has 2 atom stereocenters. The van der Waals surface area contributed by atoms with Gasteiger partial charge in [0.15, 0.2) is 17.3 Å². The Kier molecular flexibility index (Phi) is 7.44. The van der Waals surface area contributed by atoms with Crippen molar-refractivity contribution in [3.8, 4) is 0 Å². The molecule has 31 heavy (non-hydrogen) atoms. The van der Waals surface area contributed by atoms with Crippen LogP contribution in [0.15, 0.2) is 40.5 Å². The van der Waals surface area contributed by atoms with E-state index in [1.54, 1.807) is 25.4 Å². The van der Waals surface area contributed by atoms with Gasteiger partial charge in [-0.05, 0) is 54.1 Å². The number of hydrogen-bond acceptors (Lipinski definition) is 7. The molecule has 3 rings (SSSR count). The number of amidine groups is 1. The van der Waals surface area contributed by atoms with E-state index in [2.05, 4.69) is 22.3 Å². The number of hydrazone groups is 1. The van der Waals surface area contributed by atoms with Crippen molar-refractivity contribution >= 4 is 34.3 Å². The summed E-state index contributed by atoms with van der Waals surface area (Å²) in [6, 6.07) is 6.14. The number of nitrogens with zero attached hydrogens (tertiary/aromatic N) is 3. The molecule has 1 heterocycles. The Morgan fingerprint density at radius 1 is 1.42 bits per heavy atom. The minimum Gasteiger partial charge on any atom is -0.321 e. The number of quaternary nitrogens is 1. The zero-order valence-electron chi connectivity index (χ0n) is 17.4. The normalized spacial score (nSPS) is 18.8. The van der Waals surface area contributed by atoms with Crippen LogP contribution < -0.4 is 22.5 Å². The second-order valence-corrected chi connectivity index (χ2v) is 8.69. The third-order valence-electron chi connectivity index (χ3n) is 5.27. The van der Waals surface area contributed by atoms with Gasteiger partial charge in [0, 0.05) is 30.3 Å². The number of anilines is 1. The van der Waals surface area contributed by atoms with Gasteiger partial charge in [-0.3, -0.25) is 9.80 Å². The van der Waals surface area contributed by atoms with Gasteiger partial charge in [-0.1, -0.05) is 13.3 Å². The molecular weight excluding hydrogens is 421 g/mol. The summed E-state index contributed by atoms with van der Waals surface area (Å²) >= 11 is 1.06. The predicted octanol–water partition coefficient (Wildman–Crippen LogP) is 2.09. The fraction of sp³-hybridized carbons (Fsp3) is 0.350. The number of nitrogens with two attached hydrogens (primary N) is 3. The van der Waals surface area contributed by atoms with Crippen molar-refractivity contribution < 1.29 is 19.9 Å². The van der Waals surface area contributed by atoms with Crippen molar-refractivity contribution in [1.82, 2.24) is 9.99 Å². The molecule has 0 bridgehead atoms. The highest BCUT2D eigenvalue weighted by atomic mass is 32.2. The van der Waals surface area contributed by atoms with Gasteiger partial charge in [0.05, 0.1) is 5.56 Å². The van der Waals surface area contributed by atoms with Gasteiger partial charge in [-0.2, -0.15) is 10.6 Å². The summed E-state index contributed by atoms with van der Waals surface area (Å²) in [7, 11) is 1.56. The number of aromatic nitrogens is 1. The van der Waals surface area contributed by atoms with E-state index in [4.69, 9.17) is 11.7 Å². The Morgan fingerprint density at radius 3 is 2.77 bits per heavy atom. The molecule has 9 nitrogen and oxygen atoms in total. The van der Waals surface area contributed by atoms with Crippen LogP contribution in [-0.2, 0) is 0 Å². The Balaban J connectivity index is 1.84. The second-order valence-electron chi connectivity index (χ2n) is 7.68. The molecule has 1 aromatic carbocycles. The van der Waals surface area contributed by atoms with Crippen molar-refractivity contribution in [2.45, 2.75) is 37.0 Å². The lowest BCUT2D eigenvalue weighted by Gasteiger charge is -2.16. The molecule has 0 saturated heterocycles. The number of amides is 1. The maximum atomic E-state index is 14.7. The molecule has 166 valence electrons. The first-order valence-corrected chi connectivity index (χ1v) is 10.7. The lowest BCUT2D eigenvalue weighted by atomic mass is 9.98. The van der Waals surface area contributed by atoms with Crippen LogP contribution in [-0.4, -0.2) is 33.3 Å². The minimum absolute atomic E-state index is 0.155. The Hall–Kier alpha value is -2.73. The van der Waals surface area contributed by atoms with Gasteiger partial charge in [-0.25, -0.2) is 20.4 Å². The molecule has 1 aromatic heterocycles. The molecule has 11 heteroatoms. The maximum Gasteiger partial charge on any atom is 0.258 e. The molecule has 1 amide bonds. The summed E-state index contributed by atoms with van der Waals surface area (Å²) < 4.78 is 14.7. The molecule has 1 saturated carbocycles. The number of carbonyl (C=O) groups is 1. The summed E-state index contributed by atoms with van der Waals surface area (Å²) in [5.74, 6) is 10.6. The van der Waals surface area contributed by atoms with E-state index in [9.17, 15) is 14.4 Å². The number of pyridine rings is 1. The Labute approximate surface area is 184 Å². The monoisotopic (exact) mass is 448 g/mol. The molecule has 2 aromatic rings. The number of rotatable bonds is 5. The quantitative estimate of drug-likeness (QED) is 0.117. The second kappa shape index (κ2) is 10.1. The van der Waals surface area contributed by atoms with Crippen LogP contribution >= 0.6 is 11.8 Å². The van der Waals surface area contributed by atoms with Crippen molar-refractivity contribution in [2.24, 2.45) is 22.7 Å². The van der Waals surface area contributed by atoms with Crippen molar-refractivity contribution in [3.05, 3.63) is 47.4 Å². The van der Waals surface area contributed by atoms with Gasteiger partial charge >= 0.3 is 0 Å². The fourth-order valence-electron chi connectivity index (χ4n) is 3.63. The van der Waals surface area contributed by atoms with E-state index < -0.39 is 11.7 Å².